The van der Waals surface area contributed by atoms with E-state index in [0.717, 1.165) is 28.3 Å². The van der Waals surface area contributed by atoms with Crippen LogP contribution in [0.3, 0.4) is 0 Å². The molecule has 1 aromatic carbocycles. The lowest BCUT2D eigenvalue weighted by Crippen LogP contribution is -2.12. The molecule has 1 aliphatic rings. The third kappa shape index (κ3) is 2.81. The van der Waals surface area contributed by atoms with E-state index in [0.29, 0.717) is 16.6 Å². The number of amides is 1. The molecule has 3 heterocycles. The van der Waals surface area contributed by atoms with Crippen LogP contribution in [0.2, 0.25) is 5.02 Å². The van der Waals surface area contributed by atoms with E-state index in [4.69, 9.17) is 11.6 Å². The number of nitrogens with zero attached hydrogens (tertiary/aromatic N) is 4. The van der Waals surface area contributed by atoms with Crippen molar-refractivity contribution < 1.29 is 4.79 Å². The van der Waals surface area contributed by atoms with Crippen LogP contribution in [-0.2, 0) is 11.8 Å². The molecule has 1 atom stereocenters. The highest BCUT2D eigenvalue weighted by Gasteiger charge is 2.32. The maximum atomic E-state index is 12.2. The first-order chi connectivity index (χ1) is 12.5. The molecular weight excluding hydrogens is 370 g/mol. The Morgan fingerprint density at radius 3 is 2.85 bits per heavy atom. The van der Waals surface area contributed by atoms with E-state index >= 15 is 0 Å². The lowest BCUT2D eigenvalue weighted by molar-refractivity contribution is -0.113. The van der Waals surface area contributed by atoms with Gasteiger partial charge < -0.3 is 5.32 Å². The summed E-state index contributed by atoms with van der Waals surface area (Å²) in [6, 6.07) is 7.61. The number of imidazole rings is 1. The number of benzene rings is 1. The van der Waals surface area contributed by atoms with Gasteiger partial charge in [0.25, 0.3) is 0 Å². The average Bonchev–Trinajstić information content (AvgIpc) is 3.06. The summed E-state index contributed by atoms with van der Waals surface area (Å²) in [5.74, 6) is 0.909. The number of hydrogen-bond donors (Lipinski definition) is 1. The largest absolute Gasteiger partial charge is 0.308 e. The molecular formula is C18H18ClN5OS. The van der Waals surface area contributed by atoms with Crippen LogP contribution in [0, 0.1) is 13.8 Å². The summed E-state index contributed by atoms with van der Waals surface area (Å²) in [6.07, 6.45) is 1.73. The predicted molar refractivity (Wildman–Crippen MR) is 104 cm³/mol. The molecule has 0 aliphatic carbocycles. The molecule has 4 rings (SSSR count). The molecule has 3 aromatic rings. The molecule has 0 saturated carbocycles. The van der Waals surface area contributed by atoms with Crippen molar-refractivity contribution in [2.24, 2.45) is 7.05 Å². The number of aryl methyl sites for hydroxylation is 2. The van der Waals surface area contributed by atoms with Gasteiger partial charge in [0.1, 0.15) is 6.33 Å². The third-order valence-electron chi connectivity index (χ3n) is 4.61. The zero-order valence-corrected chi connectivity index (χ0v) is 16.2. The van der Waals surface area contributed by atoms with Crippen LogP contribution in [0.4, 0.5) is 5.82 Å². The highest BCUT2D eigenvalue weighted by atomic mass is 35.5. The molecule has 1 N–H and O–H groups in total. The minimum atomic E-state index is -0.0564. The molecule has 134 valence electrons. The van der Waals surface area contributed by atoms with Crippen molar-refractivity contribution in [1.29, 1.82) is 0 Å². The fraction of sp³-hybridized carbons (Fsp3) is 0.278. The first-order valence-corrected chi connectivity index (χ1v) is 9.63. The van der Waals surface area contributed by atoms with E-state index in [1.54, 1.807) is 18.1 Å². The lowest BCUT2D eigenvalue weighted by Gasteiger charge is -2.18. The quantitative estimate of drug-likeness (QED) is 0.728. The molecule has 0 saturated heterocycles. The Hall–Kier alpha value is -2.25. The van der Waals surface area contributed by atoms with E-state index < -0.39 is 0 Å². The number of hydrogen-bond acceptors (Lipinski definition) is 4. The Bertz CT molecular complexity index is 1010. The molecule has 0 unspecified atom stereocenters. The van der Waals surface area contributed by atoms with Crippen molar-refractivity contribution in [1.82, 2.24) is 19.3 Å². The number of carbonyl (C=O) groups is 1. The van der Waals surface area contributed by atoms with Gasteiger partial charge in [-0.2, -0.15) is 5.10 Å². The van der Waals surface area contributed by atoms with Gasteiger partial charge in [0.05, 0.1) is 22.4 Å². The summed E-state index contributed by atoms with van der Waals surface area (Å²) < 4.78 is 3.88. The second-order valence-electron chi connectivity index (χ2n) is 6.28. The van der Waals surface area contributed by atoms with Crippen molar-refractivity contribution in [2.45, 2.75) is 19.1 Å². The lowest BCUT2D eigenvalue weighted by atomic mass is 10.1. The number of anilines is 1. The normalized spacial score (nSPS) is 16.9. The smallest absolute Gasteiger partial charge is 0.235 e. The van der Waals surface area contributed by atoms with Gasteiger partial charge in [-0.3, -0.25) is 14.0 Å². The SMILES string of the molecule is Cc1nn(C)c(C)c1[C@H]1SCC(=O)Nc2ncn(-c3cccc(Cl)c3)c21. The summed E-state index contributed by atoms with van der Waals surface area (Å²) in [6.45, 7) is 4.05. The van der Waals surface area contributed by atoms with Crippen molar-refractivity contribution in [3.8, 4) is 5.69 Å². The molecule has 8 heteroatoms. The first-order valence-electron chi connectivity index (χ1n) is 8.20. The number of nitrogens with one attached hydrogen (secondary N) is 1. The summed E-state index contributed by atoms with van der Waals surface area (Å²) in [4.78, 5) is 16.6. The Kier molecular flexibility index (Phi) is 4.28. The third-order valence-corrected chi connectivity index (χ3v) is 6.06. The Labute approximate surface area is 160 Å². The van der Waals surface area contributed by atoms with E-state index in [9.17, 15) is 4.79 Å². The van der Waals surface area contributed by atoms with Gasteiger partial charge in [-0.05, 0) is 32.0 Å². The number of thioether (sulfide) groups is 1. The number of carbonyl (C=O) groups excluding carboxylic acids is 1. The van der Waals surface area contributed by atoms with Crippen molar-refractivity contribution >= 4 is 35.1 Å². The second-order valence-corrected chi connectivity index (χ2v) is 7.81. The molecule has 0 bridgehead atoms. The fourth-order valence-electron chi connectivity index (χ4n) is 3.33. The molecule has 2 aromatic heterocycles. The van der Waals surface area contributed by atoms with Crippen LogP contribution in [0.25, 0.3) is 5.69 Å². The van der Waals surface area contributed by atoms with Gasteiger partial charge in [-0.25, -0.2) is 4.98 Å². The number of rotatable bonds is 2. The van der Waals surface area contributed by atoms with Crippen molar-refractivity contribution in [2.75, 3.05) is 11.1 Å². The van der Waals surface area contributed by atoms with Gasteiger partial charge in [-0.15, -0.1) is 11.8 Å². The van der Waals surface area contributed by atoms with E-state index in [1.807, 2.05) is 47.5 Å². The fourth-order valence-corrected chi connectivity index (χ4v) is 4.80. The second kappa shape index (κ2) is 6.48. The molecule has 6 nitrogen and oxygen atoms in total. The zero-order chi connectivity index (χ0) is 18.4. The summed E-state index contributed by atoms with van der Waals surface area (Å²) in [5.41, 5.74) is 5.01. The van der Waals surface area contributed by atoms with Crippen molar-refractivity contribution in [3.05, 3.63) is 58.3 Å². The predicted octanol–water partition coefficient (Wildman–Crippen LogP) is 3.65. The van der Waals surface area contributed by atoms with Crippen LogP contribution >= 0.6 is 23.4 Å². The highest BCUT2D eigenvalue weighted by Crippen LogP contribution is 2.44. The monoisotopic (exact) mass is 387 g/mol. The Morgan fingerprint density at radius 1 is 1.35 bits per heavy atom. The Balaban J connectivity index is 1.94. The van der Waals surface area contributed by atoms with E-state index in [2.05, 4.69) is 22.3 Å². The molecule has 26 heavy (non-hydrogen) atoms. The maximum absolute atomic E-state index is 12.2. The van der Waals surface area contributed by atoms with Crippen molar-refractivity contribution in [3.63, 3.8) is 0 Å². The standard InChI is InChI=1S/C18H18ClN5OS/c1-10-15(11(2)23(3)22-10)17-16-18(21-14(25)8-26-17)20-9-24(16)13-6-4-5-12(19)7-13/h4-7,9,17H,8H2,1-3H3,(H,21,25)/t17-/m1/s1. The van der Waals surface area contributed by atoms with Gasteiger partial charge >= 0.3 is 0 Å². The maximum Gasteiger partial charge on any atom is 0.235 e. The minimum Gasteiger partial charge on any atom is -0.308 e. The number of aromatic nitrogens is 4. The highest BCUT2D eigenvalue weighted by molar-refractivity contribution is 8.00. The van der Waals surface area contributed by atoms with Crippen LogP contribution in [0.5, 0.6) is 0 Å². The average molecular weight is 388 g/mol. The number of halogens is 1. The number of fused-ring (bicyclic) bond motifs is 1. The van der Waals surface area contributed by atoms with E-state index in [-0.39, 0.29) is 11.2 Å². The summed E-state index contributed by atoms with van der Waals surface area (Å²) in [5, 5.41) is 8.07. The van der Waals surface area contributed by atoms with Gasteiger partial charge in [0, 0.05) is 29.0 Å². The van der Waals surface area contributed by atoms with E-state index in [1.165, 1.54) is 0 Å². The van der Waals surface area contributed by atoms with Gasteiger partial charge in [0.2, 0.25) is 5.91 Å². The van der Waals surface area contributed by atoms with Crippen LogP contribution < -0.4 is 5.32 Å². The van der Waals surface area contributed by atoms with Gasteiger partial charge in [-0.1, -0.05) is 17.7 Å². The first kappa shape index (κ1) is 17.2. The van der Waals surface area contributed by atoms with Crippen LogP contribution in [0.1, 0.15) is 27.9 Å². The molecule has 1 aliphatic heterocycles. The van der Waals surface area contributed by atoms with Gasteiger partial charge in [0.15, 0.2) is 5.82 Å². The zero-order valence-electron chi connectivity index (χ0n) is 14.7. The summed E-state index contributed by atoms with van der Waals surface area (Å²) in [7, 11) is 1.94. The van der Waals surface area contributed by atoms with Crippen LogP contribution in [-0.4, -0.2) is 31.0 Å². The molecule has 0 spiro atoms. The summed E-state index contributed by atoms with van der Waals surface area (Å²) >= 11 is 7.77. The molecule has 0 fully saturated rings. The topological polar surface area (TPSA) is 64.7 Å². The Morgan fingerprint density at radius 2 is 2.15 bits per heavy atom. The molecule has 0 radical (unpaired) electrons. The molecule has 1 amide bonds. The minimum absolute atomic E-state index is 0.0470. The van der Waals surface area contributed by atoms with Crippen LogP contribution in [0.15, 0.2) is 30.6 Å².